The van der Waals surface area contributed by atoms with Crippen molar-refractivity contribution in [3.63, 3.8) is 0 Å². The minimum Gasteiger partial charge on any atom is -0.497 e. The van der Waals surface area contributed by atoms with Gasteiger partial charge in [0, 0.05) is 26.1 Å². The molecule has 0 unspecified atom stereocenters. The van der Waals surface area contributed by atoms with Gasteiger partial charge in [-0.05, 0) is 18.6 Å². The van der Waals surface area contributed by atoms with E-state index in [-0.39, 0.29) is 0 Å². The van der Waals surface area contributed by atoms with Crippen LogP contribution in [0.4, 0.5) is 5.69 Å². The molecule has 0 atom stereocenters. The fourth-order valence-corrected chi connectivity index (χ4v) is 1.62. The second-order valence-electron chi connectivity index (χ2n) is 3.72. The fourth-order valence-electron chi connectivity index (χ4n) is 1.62. The van der Waals surface area contributed by atoms with Crippen molar-refractivity contribution in [3.05, 3.63) is 18.2 Å². The van der Waals surface area contributed by atoms with Gasteiger partial charge < -0.3 is 14.4 Å². The van der Waals surface area contributed by atoms with Crippen LogP contribution in [0, 0.1) is 11.3 Å². The SMILES string of the molecule is COc1ccc(N(C)CCCC#N)c(OC)c1. The van der Waals surface area contributed by atoms with Crippen LogP contribution in [0.15, 0.2) is 18.2 Å². The maximum Gasteiger partial charge on any atom is 0.145 e. The largest absolute Gasteiger partial charge is 0.497 e. The lowest BCUT2D eigenvalue weighted by Gasteiger charge is -2.21. The molecule has 0 bridgehead atoms. The number of ether oxygens (including phenoxy) is 2. The molecule has 0 aliphatic carbocycles. The number of anilines is 1. The van der Waals surface area contributed by atoms with Gasteiger partial charge in [0.25, 0.3) is 0 Å². The van der Waals surface area contributed by atoms with Crippen LogP contribution in [0.3, 0.4) is 0 Å². The van der Waals surface area contributed by atoms with Crippen LogP contribution in [-0.4, -0.2) is 27.8 Å². The molecule has 92 valence electrons. The van der Waals surface area contributed by atoms with Gasteiger partial charge in [-0.3, -0.25) is 0 Å². The molecule has 0 aromatic heterocycles. The van der Waals surface area contributed by atoms with Crippen molar-refractivity contribution in [2.24, 2.45) is 0 Å². The number of nitriles is 1. The minimum absolute atomic E-state index is 0.572. The van der Waals surface area contributed by atoms with E-state index in [1.165, 1.54) is 0 Å². The molecule has 1 aromatic carbocycles. The van der Waals surface area contributed by atoms with Crippen LogP contribution in [0.25, 0.3) is 0 Å². The summed E-state index contributed by atoms with van der Waals surface area (Å²) in [4.78, 5) is 2.08. The van der Waals surface area contributed by atoms with Crippen molar-refractivity contribution in [3.8, 4) is 17.6 Å². The van der Waals surface area contributed by atoms with Crippen molar-refractivity contribution in [1.82, 2.24) is 0 Å². The number of rotatable bonds is 6. The van der Waals surface area contributed by atoms with Gasteiger partial charge in [-0.1, -0.05) is 0 Å². The van der Waals surface area contributed by atoms with E-state index in [9.17, 15) is 0 Å². The third-order valence-electron chi connectivity index (χ3n) is 2.58. The molecule has 1 aromatic rings. The molecular formula is C13H18N2O2. The van der Waals surface area contributed by atoms with Crippen LogP contribution >= 0.6 is 0 Å². The van der Waals surface area contributed by atoms with Gasteiger partial charge in [-0.2, -0.15) is 5.26 Å². The molecule has 0 saturated carbocycles. The van der Waals surface area contributed by atoms with Crippen molar-refractivity contribution in [2.45, 2.75) is 12.8 Å². The maximum atomic E-state index is 8.51. The highest BCUT2D eigenvalue weighted by atomic mass is 16.5. The highest BCUT2D eigenvalue weighted by Crippen LogP contribution is 2.31. The van der Waals surface area contributed by atoms with E-state index in [4.69, 9.17) is 14.7 Å². The summed E-state index contributed by atoms with van der Waals surface area (Å²) in [7, 11) is 5.26. The molecule has 0 fully saturated rings. The molecule has 0 amide bonds. The molecule has 0 saturated heterocycles. The zero-order valence-electron chi connectivity index (χ0n) is 10.6. The smallest absolute Gasteiger partial charge is 0.145 e. The third-order valence-corrected chi connectivity index (χ3v) is 2.58. The summed E-state index contributed by atoms with van der Waals surface area (Å²) in [6, 6.07) is 7.86. The molecule has 0 spiro atoms. The predicted molar refractivity (Wildman–Crippen MR) is 67.7 cm³/mol. The Morgan fingerprint density at radius 2 is 2.06 bits per heavy atom. The van der Waals surface area contributed by atoms with Crippen LogP contribution in [0.2, 0.25) is 0 Å². The van der Waals surface area contributed by atoms with E-state index < -0.39 is 0 Å². The summed E-state index contributed by atoms with van der Waals surface area (Å²) in [6.07, 6.45) is 1.42. The number of unbranched alkanes of at least 4 members (excludes halogenated alkanes) is 1. The summed E-state index contributed by atoms with van der Waals surface area (Å²) in [6.45, 7) is 0.830. The van der Waals surface area contributed by atoms with Crippen LogP contribution < -0.4 is 14.4 Å². The van der Waals surface area contributed by atoms with E-state index >= 15 is 0 Å². The maximum absolute atomic E-state index is 8.51. The first-order chi connectivity index (χ1) is 8.22. The van der Waals surface area contributed by atoms with E-state index in [0.29, 0.717) is 6.42 Å². The monoisotopic (exact) mass is 234 g/mol. The van der Waals surface area contributed by atoms with Gasteiger partial charge in [-0.15, -0.1) is 0 Å². The summed E-state index contributed by atoms with van der Waals surface area (Å²) in [5.41, 5.74) is 1.01. The Hall–Kier alpha value is -1.89. The van der Waals surface area contributed by atoms with E-state index in [1.54, 1.807) is 14.2 Å². The molecule has 4 nitrogen and oxygen atoms in total. The fraction of sp³-hybridized carbons (Fsp3) is 0.462. The first-order valence-electron chi connectivity index (χ1n) is 5.53. The molecule has 1 rings (SSSR count). The molecule has 0 heterocycles. The van der Waals surface area contributed by atoms with Crippen LogP contribution in [-0.2, 0) is 0 Å². The number of hydrogen-bond donors (Lipinski definition) is 0. The van der Waals surface area contributed by atoms with Crippen molar-refractivity contribution < 1.29 is 9.47 Å². The molecule has 0 radical (unpaired) electrons. The Morgan fingerprint density at radius 1 is 1.29 bits per heavy atom. The summed E-state index contributed by atoms with van der Waals surface area (Å²) < 4.78 is 10.5. The molecular weight excluding hydrogens is 216 g/mol. The first-order valence-corrected chi connectivity index (χ1v) is 5.53. The number of methoxy groups -OCH3 is 2. The predicted octanol–water partition coefficient (Wildman–Crippen LogP) is 2.44. The Labute approximate surface area is 102 Å². The van der Waals surface area contributed by atoms with Gasteiger partial charge in [0.15, 0.2) is 0 Å². The lowest BCUT2D eigenvalue weighted by Crippen LogP contribution is -2.19. The van der Waals surface area contributed by atoms with Crippen LogP contribution in [0.1, 0.15) is 12.8 Å². The quantitative estimate of drug-likeness (QED) is 0.709. The molecule has 17 heavy (non-hydrogen) atoms. The molecule has 0 aliphatic heterocycles. The second-order valence-corrected chi connectivity index (χ2v) is 3.72. The highest BCUT2D eigenvalue weighted by Gasteiger charge is 2.09. The van der Waals surface area contributed by atoms with Gasteiger partial charge in [-0.25, -0.2) is 0 Å². The highest BCUT2D eigenvalue weighted by molar-refractivity contribution is 5.60. The van der Waals surface area contributed by atoms with Crippen molar-refractivity contribution in [1.29, 1.82) is 5.26 Å². The second kappa shape index (κ2) is 6.64. The van der Waals surface area contributed by atoms with Crippen molar-refractivity contribution in [2.75, 3.05) is 32.7 Å². The zero-order chi connectivity index (χ0) is 12.7. The van der Waals surface area contributed by atoms with Gasteiger partial charge in [0.2, 0.25) is 0 Å². The van der Waals surface area contributed by atoms with Gasteiger partial charge >= 0.3 is 0 Å². The molecule has 0 aliphatic rings. The third kappa shape index (κ3) is 3.56. The van der Waals surface area contributed by atoms with Gasteiger partial charge in [0.05, 0.1) is 26.0 Å². The van der Waals surface area contributed by atoms with Gasteiger partial charge in [0.1, 0.15) is 11.5 Å². The van der Waals surface area contributed by atoms with E-state index in [0.717, 1.165) is 30.2 Å². The first kappa shape index (κ1) is 13.2. The Bertz CT molecular complexity index is 399. The Kier molecular flexibility index (Phi) is 5.15. The van der Waals surface area contributed by atoms with E-state index in [1.807, 2.05) is 25.2 Å². The van der Waals surface area contributed by atoms with Crippen molar-refractivity contribution >= 4 is 5.69 Å². The van der Waals surface area contributed by atoms with Crippen LogP contribution in [0.5, 0.6) is 11.5 Å². The lowest BCUT2D eigenvalue weighted by molar-refractivity contribution is 0.394. The zero-order valence-corrected chi connectivity index (χ0v) is 10.6. The Morgan fingerprint density at radius 3 is 2.65 bits per heavy atom. The Balaban J connectivity index is 2.78. The average Bonchev–Trinajstić information content (AvgIpc) is 2.38. The molecule has 4 heteroatoms. The minimum atomic E-state index is 0.572. The topological polar surface area (TPSA) is 45.5 Å². The lowest BCUT2D eigenvalue weighted by atomic mass is 10.2. The summed E-state index contributed by atoms with van der Waals surface area (Å²) >= 11 is 0. The summed E-state index contributed by atoms with van der Waals surface area (Å²) in [5.74, 6) is 1.56. The average molecular weight is 234 g/mol. The standard InChI is InChI=1S/C13H18N2O2/c1-15(9-5-4-8-14)12-7-6-11(16-2)10-13(12)17-3/h6-7,10H,4-5,9H2,1-3H3. The van der Waals surface area contributed by atoms with E-state index in [2.05, 4.69) is 11.0 Å². The molecule has 0 N–H and O–H groups in total. The summed E-state index contributed by atoms with van der Waals surface area (Å²) in [5, 5.41) is 8.51. The normalized spacial score (nSPS) is 9.53. The number of hydrogen-bond acceptors (Lipinski definition) is 4. The number of benzene rings is 1. The number of nitrogens with zero attached hydrogens (tertiary/aromatic N) is 2.